The molecule has 2 aliphatic heterocycles. The number of benzene rings is 1. The fraction of sp³-hybridized carbons (Fsp3) is 0.350. The Balaban J connectivity index is 0.00000205. The van der Waals surface area contributed by atoms with E-state index in [-0.39, 0.29) is 18.0 Å². The number of amides is 1. The van der Waals surface area contributed by atoms with Crippen LogP contribution >= 0.6 is 12.4 Å². The first-order valence-corrected chi connectivity index (χ1v) is 9.34. The minimum absolute atomic E-state index is 0. The molecule has 1 spiro atoms. The molecule has 0 atom stereocenters. The van der Waals surface area contributed by atoms with Crippen LogP contribution < -0.4 is 10.4 Å². The van der Waals surface area contributed by atoms with Crippen molar-refractivity contribution >= 4 is 35.2 Å². The van der Waals surface area contributed by atoms with Crippen LogP contribution in [0.15, 0.2) is 42.7 Å². The predicted molar refractivity (Wildman–Crippen MR) is 111 cm³/mol. The Morgan fingerprint density at radius 2 is 1.86 bits per heavy atom. The predicted octanol–water partition coefficient (Wildman–Crippen LogP) is 1.83. The number of aromatic nitrogens is 3. The van der Waals surface area contributed by atoms with Crippen molar-refractivity contribution in [2.45, 2.75) is 6.54 Å². The van der Waals surface area contributed by atoms with E-state index in [4.69, 9.17) is 5.21 Å². The lowest BCUT2D eigenvalue weighted by Gasteiger charge is -2.60. The minimum Gasteiger partial charge on any atom is -0.346 e. The van der Waals surface area contributed by atoms with E-state index >= 15 is 0 Å². The third kappa shape index (κ3) is 3.33. The van der Waals surface area contributed by atoms with Crippen LogP contribution in [0.2, 0.25) is 0 Å². The molecule has 0 aliphatic carbocycles. The summed E-state index contributed by atoms with van der Waals surface area (Å²) < 4.78 is 2.28. The van der Waals surface area contributed by atoms with Gasteiger partial charge in [-0.15, -0.1) is 12.4 Å². The summed E-state index contributed by atoms with van der Waals surface area (Å²) in [6.45, 7) is 4.99. The van der Waals surface area contributed by atoms with Crippen LogP contribution in [-0.2, 0) is 13.6 Å². The van der Waals surface area contributed by atoms with Gasteiger partial charge in [-0.2, -0.15) is 0 Å². The summed E-state index contributed by atoms with van der Waals surface area (Å²) in [6, 6.07) is 10.8. The third-order valence-electron chi connectivity index (χ3n) is 5.89. The molecule has 0 bridgehead atoms. The largest absolute Gasteiger partial charge is 0.346 e. The number of carbonyl (C=O) groups is 1. The van der Waals surface area contributed by atoms with E-state index in [9.17, 15) is 4.79 Å². The molecule has 2 N–H and O–H groups in total. The number of fused-ring (bicyclic) bond motifs is 1. The highest BCUT2D eigenvalue weighted by atomic mass is 35.5. The number of para-hydroxylation sites is 1. The number of nitrogens with zero attached hydrogens (tertiary/aromatic N) is 5. The van der Waals surface area contributed by atoms with Crippen molar-refractivity contribution in [3.63, 3.8) is 0 Å². The number of anilines is 1. The Kier molecular flexibility index (Phi) is 4.94. The van der Waals surface area contributed by atoms with Gasteiger partial charge in [0.05, 0.1) is 5.56 Å². The summed E-state index contributed by atoms with van der Waals surface area (Å²) in [5, 5.41) is 9.94. The van der Waals surface area contributed by atoms with Crippen molar-refractivity contribution < 1.29 is 10.0 Å². The molecule has 2 aromatic heterocycles. The molecular formula is C20H23ClN6O2. The van der Waals surface area contributed by atoms with Crippen LogP contribution in [0.3, 0.4) is 0 Å². The molecule has 9 heteroatoms. The fourth-order valence-electron chi connectivity index (χ4n) is 4.51. The molecule has 0 saturated carbocycles. The van der Waals surface area contributed by atoms with E-state index in [0.29, 0.717) is 11.4 Å². The van der Waals surface area contributed by atoms with Crippen molar-refractivity contribution in [2.75, 3.05) is 31.1 Å². The lowest BCUT2D eigenvalue weighted by molar-refractivity contribution is -0.0291. The highest BCUT2D eigenvalue weighted by molar-refractivity contribution is 5.92. The molecule has 2 fully saturated rings. The third-order valence-corrected chi connectivity index (χ3v) is 5.89. The van der Waals surface area contributed by atoms with Crippen LogP contribution in [-0.4, -0.2) is 56.7 Å². The average Bonchev–Trinajstić information content (AvgIpc) is 2.98. The fourth-order valence-corrected chi connectivity index (χ4v) is 4.51. The Morgan fingerprint density at radius 3 is 2.52 bits per heavy atom. The van der Waals surface area contributed by atoms with Gasteiger partial charge in [-0.05, 0) is 17.5 Å². The van der Waals surface area contributed by atoms with Crippen LogP contribution in [0, 0.1) is 5.41 Å². The minimum atomic E-state index is -0.602. The van der Waals surface area contributed by atoms with E-state index in [2.05, 4.69) is 61.7 Å². The van der Waals surface area contributed by atoms with Crippen molar-refractivity contribution in [1.29, 1.82) is 0 Å². The van der Waals surface area contributed by atoms with Gasteiger partial charge < -0.3 is 9.47 Å². The molecule has 1 amide bonds. The van der Waals surface area contributed by atoms with Crippen molar-refractivity contribution in [2.24, 2.45) is 12.5 Å². The van der Waals surface area contributed by atoms with E-state index in [1.807, 2.05) is 0 Å². The van der Waals surface area contributed by atoms with Crippen LogP contribution in [0.5, 0.6) is 0 Å². The highest BCUT2D eigenvalue weighted by Crippen LogP contribution is 2.41. The number of hydrogen-bond acceptors (Lipinski definition) is 6. The Morgan fingerprint density at radius 1 is 1.17 bits per heavy atom. The van der Waals surface area contributed by atoms with Gasteiger partial charge >= 0.3 is 0 Å². The molecule has 2 saturated heterocycles. The molecule has 29 heavy (non-hydrogen) atoms. The van der Waals surface area contributed by atoms with E-state index in [1.165, 1.54) is 29.0 Å². The maximum Gasteiger partial charge on any atom is 0.277 e. The summed E-state index contributed by atoms with van der Waals surface area (Å²) in [4.78, 5) is 24.4. The molecule has 0 radical (unpaired) electrons. The first-order valence-electron chi connectivity index (χ1n) is 9.34. The number of rotatable bonds is 4. The Bertz CT molecular complexity index is 1040. The second kappa shape index (κ2) is 7.29. The SMILES string of the molecule is Cl.Cn1c(CN2CC3(C2)CN(c2ncc(C(=O)NO)cn2)C3)cc2ccccc21. The Hall–Kier alpha value is -2.68. The first-order chi connectivity index (χ1) is 13.6. The number of likely N-dealkylation sites (tertiary alicyclic amines) is 1. The van der Waals surface area contributed by atoms with Gasteiger partial charge in [-0.3, -0.25) is 14.9 Å². The number of aryl methyl sites for hydroxylation is 1. The van der Waals surface area contributed by atoms with Gasteiger partial charge in [0.2, 0.25) is 5.95 Å². The van der Waals surface area contributed by atoms with Crippen LogP contribution in [0.4, 0.5) is 5.95 Å². The highest BCUT2D eigenvalue weighted by Gasteiger charge is 2.52. The molecule has 0 unspecified atom stereocenters. The zero-order valence-electron chi connectivity index (χ0n) is 16.1. The molecule has 5 rings (SSSR count). The molecular weight excluding hydrogens is 392 g/mol. The summed E-state index contributed by atoms with van der Waals surface area (Å²) in [5.74, 6) is 0.0295. The van der Waals surface area contributed by atoms with Gasteiger partial charge in [0.1, 0.15) is 0 Å². The van der Waals surface area contributed by atoms with E-state index < -0.39 is 5.91 Å². The van der Waals surface area contributed by atoms with Gasteiger partial charge in [0.25, 0.3) is 5.91 Å². The lowest BCUT2D eigenvalue weighted by atomic mass is 9.73. The molecule has 8 nitrogen and oxygen atoms in total. The zero-order chi connectivity index (χ0) is 19.3. The van der Waals surface area contributed by atoms with Crippen LogP contribution in [0.25, 0.3) is 10.9 Å². The smallest absolute Gasteiger partial charge is 0.277 e. The van der Waals surface area contributed by atoms with Gasteiger partial charge in [-0.1, -0.05) is 18.2 Å². The normalized spacial score (nSPS) is 17.5. The van der Waals surface area contributed by atoms with Gasteiger partial charge in [0.15, 0.2) is 0 Å². The second-order valence-corrected chi connectivity index (χ2v) is 7.97. The number of nitrogens with one attached hydrogen (secondary N) is 1. The topological polar surface area (TPSA) is 86.5 Å². The summed E-state index contributed by atoms with van der Waals surface area (Å²) >= 11 is 0. The first kappa shape index (κ1) is 19.6. The quantitative estimate of drug-likeness (QED) is 0.500. The number of halogens is 1. The summed E-state index contributed by atoms with van der Waals surface area (Å²) in [6.07, 6.45) is 2.87. The molecule has 152 valence electrons. The van der Waals surface area contributed by atoms with Gasteiger partial charge in [0, 0.05) is 68.8 Å². The molecule has 3 aromatic rings. The van der Waals surface area contributed by atoms with Crippen LogP contribution in [0.1, 0.15) is 16.1 Å². The maximum absolute atomic E-state index is 11.3. The maximum atomic E-state index is 11.3. The molecule has 4 heterocycles. The standard InChI is InChI=1S/C20H22N6O2.ClH/c1-24-16(6-14-4-2-3-5-17(14)24)9-25-10-20(11-25)12-26(13-20)19-21-7-15(8-22-19)18(27)23-28;/h2-8,28H,9-13H2,1H3,(H,23,27);1H. The molecule has 1 aromatic carbocycles. The van der Waals surface area contributed by atoms with E-state index in [0.717, 1.165) is 32.7 Å². The van der Waals surface area contributed by atoms with Crippen molar-refractivity contribution in [3.8, 4) is 0 Å². The second-order valence-electron chi connectivity index (χ2n) is 7.97. The monoisotopic (exact) mass is 414 g/mol. The van der Waals surface area contributed by atoms with E-state index in [1.54, 1.807) is 5.48 Å². The summed E-state index contributed by atoms with van der Waals surface area (Å²) in [7, 11) is 2.14. The average molecular weight is 415 g/mol. The number of hydrogen-bond donors (Lipinski definition) is 2. The summed E-state index contributed by atoms with van der Waals surface area (Å²) in [5.41, 5.74) is 4.77. The lowest BCUT2D eigenvalue weighted by Crippen LogP contribution is -2.72. The zero-order valence-corrected chi connectivity index (χ0v) is 16.9. The Labute approximate surface area is 174 Å². The molecule has 2 aliphatic rings. The van der Waals surface area contributed by atoms with Crippen molar-refractivity contribution in [1.82, 2.24) is 24.9 Å². The van der Waals surface area contributed by atoms with Gasteiger partial charge in [-0.25, -0.2) is 15.4 Å². The van der Waals surface area contributed by atoms with Crippen molar-refractivity contribution in [3.05, 3.63) is 54.0 Å². The number of carbonyl (C=O) groups excluding carboxylic acids is 1. The number of hydroxylamine groups is 1.